The molecule has 1 saturated heterocycles. The summed E-state index contributed by atoms with van der Waals surface area (Å²) in [5, 5.41) is 2.74. The predicted molar refractivity (Wildman–Crippen MR) is 93.1 cm³/mol. The van der Waals surface area contributed by atoms with Crippen LogP contribution in [0.4, 0.5) is 5.69 Å². The first-order valence-electron chi connectivity index (χ1n) is 7.01. The van der Waals surface area contributed by atoms with Gasteiger partial charge in [0.15, 0.2) is 0 Å². The summed E-state index contributed by atoms with van der Waals surface area (Å²) in [6, 6.07) is 6.14. The standard InChI is InChI=1S/C15H21N3OS2/c1-17-15(19)10-6-8-18(9-7-10)11-4-3-5-12(21-2)13(11)14(16)20/h3-5,10H,6-9H2,1-2H3,(H2,16,20)(H,17,19). The zero-order chi connectivity index (χ0) is 15.4. The van der Waals surface area contributed by atoms with Crippen molar-refractivity contribution in [3.63, 3.8) is 0 Å². The first-order chi connectivity index (χ1) is 10.1. The van der Waals surface area contributed by atoms with Crippen LogP contribution in [-0.4, -0.2) is 37.3 Å². The molecule has 4 nitrogen and oxygen atoms in total. The van der Waals surface area contributed by atoms with Crippen LogP contribution in [0.3, 0.4) is 0 Å². The molecule has 6 heteroatoms. The van der Waals surface area contributed by atoms with E-state index in [9.17, 15) is 4.79 Å². The molecule has 21 heavy (non-hydrogen) atoms. The van der Waals surface area contributed by atoms with Crippen molar-refractivity contribution in [1.82, 2.24) is 5.32 Å². The fourth-order valence-electron chi connectivity index (χ4n) is 2.79. The lowest BCUT2D eigenvalue weighted by molar-refractivity contribution is -0.125. The minimum absolute atomic E-state index is 0.114. The highest BCUT2D eigenvalue weighted by Crippen LogP contribution is 2.32. The molecule has 0 unspecified atom stereocenters. The molecule has 1 fully saturated rings. The van der Waals surface area contributed by atoms with Crippen LogP contribution in [0.5, 0.6) is 0 Å². The Balaban J connectivity index is 2.21. The third-order valence-electron chi connectivity index (χ3n) is 3.92. The largest absolute Gasteiger partial charge is 0.389 e. The van der Waals surface area contributed by atoms with E-state index in [0.717, 1.165) is 42.1 Å². The first-order valence-corrected chi connectivity index (χ1v) is 8.65. The molecule has 0 aliphatic carbocycles. The average molecular weight is 323 g/mol. The van der Waals surface area contributed by atoms with Gasteiger partial charge in [0.25, 0.3) is 0 Å². The van der Waals surface area contributed by atoms with Gasteiger partial charge in [-0.15, -0.1) is 11.8 Å². The number of nitrogens with one attached hydrogen (secondary N) is 1. The van der Waals surface area contributed by atoms with Crippen LogP contribution >= 0.6 is 24.0 Å². The van der Waals surface area contributed by atoms with Crippen molar-refractivity contribution in [2.75, 3.05) is 31.3 Å². The van der Waals surface area contributed by atoms with E-state index in [1.54, 1.807) is 18.8 Å². The summed E-state index contributed by atoms with van der Waals surface area (Å²) in [6.07, 6.45) is 3.75. The summed E-state index contributed by atoms with van der Waals surface area (Å²) in [6.45, 7) is 1.71. The number of amides is 1. The Morgan fingerprint density at radius 3 is 2.62 bits per heavy atom. The number of thiocarbonyl (C=S) groups is 1. The molecule has 0 saturated carbocycles. The second kappa shape index (κ2) is 7.13. The molecule has 0 aromatic heterocycles. The lowest BCUT2D eigenvalue weighted by atomic mass is 9.95. The highest BCUT2D eigenvalue weighted by molar-refractivity contribution is 7.98. The Morgan fingerprint density at radius 1 is 1.43 bits per heavy atom. The van der Waals surface area contributed by atoms with Crippen molar-refractivity contribution in [2.45, 2.75) is 17.7 Å². The van der Waals surface area contributed by atoms with Gasteiger partial charge in [-0.2, -0.15) is 0 Å². The van der Waals surface area contributed by atoms with Crippen LogP contribution in [0.2, 0.25) is 0 Å². The van der Waals surface area contributed by atoms with Gasteiger partial charge in [0.05, 0.1) is 0 Å². The van der Waals surface area contributed by atoms with Gasteiger partial charge < -0.3 is 16.0 Å². The van der Waals surface area contributed by atoms with E-state index in [0.29, 0.717) is 4.99 Å². The molecule has 2 rings (SSSR count). The second-order valence-electron chi connectivity index (χ2n) is 5.09. The normalized spacial score (nSPS) is 15.8. The topological polar surface area (TPSA) is 58.4 Å². The Labute approximate surface area is 135 Å². The van der Waals surface area contributed by atoms with Crippen LogP contribution < -0.4 is 16.0 Å². The summed E-state index contributed by atoms with van der Waals surface area (Å²) in [7, 11) is 1.70. The molecular formula is C15H21N3OS2. The van der Waals surface area contributed by atoms with Crippen molar-refractivity contribution in [1.29, 1.82) is 0 Å². The molecule has 0 radical (unpaired) electrons. The van der Waals surface area contributed by atoms with E-state index in [1.165, 1.54) is 0 Å². The number of benzene rings is 1. The molecule has 3 N–H and O–H groups in total. The number of carbonyl (C=O) groups excluding carboxylic acids is 1. The van der Waals surface area contributed by atoms with Gasteiger partial charge in [-0.25, -0.2) is 0 Å². The molecule has 1 heterocycles. The molecule has 1 aliphatic rings. The molecule has 0 bridgehead atoms. The van der Waals surface area contributed by atoms with E-state index in [4.69, 9.17) is 18.0 Å². The fraction of sp³-hybridized carbons (Fsp3) is 0.467. The highest BCUT2D eigenvalue weighted by atomic mass is 32.2. The molecule has 1 aromatic carbocycles. The minimum Gasteiger partial charge on any atom is -0.389 e. The van der Waals surface area contributed by atoms with Crippen molar-refractivity contribution >= 4 is 40.6 Å². The summed E-state index contributed by atoms with van der Waals surface area (Å²) >= 11 is 6.88. The zero-order valence-corrected chi connectivity index (χ0v) is 14.0. The van der Waals surface area contributed by atoms with E-state index in [1.807, 2.05) is 18.4 Å². The summed E-state index contributed by atoms with van der Waals surface area (Å²) in [5.41, 5.74) is 7.97. The van der Waals surface area contributed by atoms with Crippen LogP contribution in [0.15, 0.2) is 23.1 Å². The fourth-order valence-corrected chi connectivity index (χ4v) is 3.70. The third kappa shape index (κ3) is 3.49. The van der Waals surface area contributed by atoms with Gasteiger partial charge in [-0.3, -0.25) is 4.79 Å². The number of carbonyl (C=O) groups is 1. The van der Waals surface area contributed by atoms with E-state index in [-0.39, 0.29) is 11.8 Å². The Kier molecular flexibility index (Phi) is 5.47. The van der Waals surface area contributed by atoms with Crippen molar-refractivity contribution < 1.29 is 4.79 Å². The lowest BCUT2D eigenvalue weighted by Gasteiger charge is -2.34. The molecular weight excluding hydrogens is 302 g/mol. The Morgan fingerprint density at radius 2 is 2.10 bits per heavy atom. The maximum absolute atomic E-state index is 11.7. The van der Waals surface area contributed by atoms with Gasteiger partial charge in [-0.05, 0) is 31.2 Å². The SMILES string of the molecule is CNC(=O)C1CCN(c2cccc(SC)c2C(N)=S)CC1. The number of nitrogens with two attached hydrogens (primary N) is 1. The third-order valence-corrected chi connectivity index (χ3v) is 4.91. The maximum atomic E-state index is 11.7. The van der Waals surface area contributed by atoms with Gasteiger partial charge in [0.1, 0.15) is 4.99 Å². The smallest absolute Gasteiger partial charge is 0.222 e. The number of piperidine rings is 1. The van der Waals surface area contributed by atoms with Gasteiger partial charge in [0.2, 0.25) is 5.91 Å². The maximum Gasteiger partial charge on any atom is 0.222 e. The van der Waals surface area contributed by atoms with Crippen LogP contribution in [0, 0.1) is 5.92 Å². The van der Waals surface area contributed by atoms with E-state index in [2.05, 4.69) is 16.3 Å². The number of hydrogen-bond donors (Lipinski definition) is 2. The predicted octanol–water partition coefficient (Wildman–Crippen LogP) is 2.01. The first kappa shape index (κ1) is 16.1. The van der Waals surface area contributed by atoms with Crippen molar-refractivity contribution in [3.8, 4) is 0 Å². The number of rotatable bonds is 4. The number of thioether (sulfide) groups is 1. The molecule has 0 atom stereocenters. The van der Waals surface area contributed by atoms with Crippen LogP contribution in [0.25, 0.3) is 0 Å². The van der Waals surface area contributed by atoms with Crippen LogP contribution in [-0.2, 0) is 4.79 Å². The van der Waals surface area contributed by atoms with E-state index < -0.39 is 0 Å². The molecule has 1 aromatic rings. The lowest BCUT2D eigenvalue weighted by Crippen LogP contribution is -2.40. The van der Waals surface area contributed by atoms with Gasteiger partial charge in [-0.1, -0.05) is 18.3 Å². The molecule has 1 aliphatic heterocycles. The average Bonchev–Trinajstić information content (AvgIpc) is 2.53. The Bertz CT molecular complexity index is 540. The number of nitrogens with zero attached hydrogens (tertiary/aromatic N) is 1. The molecule has 0 spiro atoms. The van der Waals surface area contributed by atoms with Gasteiger partial charge in [0, 0.05) is 42.2 Å². The van der Waals surface area contributed by atoms with Crippen LogP contribution in [0.1, 0.15) is 18.4 Å². The monoisotopic (exact) mass is 323 g/mol. The number of anilines is 1. The summed E-state index contributed by atoms with van der Waals surface area (Å²) in [4.78, 5) is 15.5. The van der Waals surface area contributed by atoms with Gasteiger partial charge >= 0.3 is 0 Å². The minimum atomic E-state index is 0.114. The second-order valence-corrected chi connectivity index (χ2v) is 6.38. The van der Waals surface area contributed by atoms with E-state index >= 15 is 0 Å². The quantitative estimate of drug-likeness (QED) is 0.656. The molecule has 114 valence electrons. The number of hydrogen-bond acceptors (Lipinski definition) is 4. The zero-order valence-electron chi connectivity index (χ0n) is 12.4. The van der Waals surface area contributed by atoms with Crippen molar-refractivity contribution in [2.24, 2.45) is 11.7 Å². The highest BCUT2D eigenvalue weighted by Gasteiger charge is 2.26. The van der Waals surface area contributed by atoms with Crippen molar-refractivity contribution in [3.05, 3.63) is 23.8 Å². The summed E-state index contributed by atoms with van der Waals surface area (Å²) < 4.78 is 0. The Hall–Kier alpha value is -1.27. The molecule has 1 amide bonds. The summed E-state index contributed by atoms with van der Waals surface area (Å²) in [5.74, 6) is 0.255.